The first kappa shape index (κ1) is 28.1. The number of fused-ring (bicyclic) bond motifs is 5. The Kier molecular flexibility index (Phi) is 8.30. The second-order valence-corrected chi connectivity index (χ2v) is 12.8. The summed E-state index contributed by atoms with van der Waals surface area (Å²) in [6, 6.07) is 13.1. The molecule has 0 amide bonds. The highest BCUT2D eigenvalue weighted by Crippen LogP contribution is 2.48. The van der Waals surface area contributed by atoms with E-state index >= 15 is 0 Å². The Morgan fingerprint density at radius 2 is 1.83 bits per heavy atom. The number of hydrogen-bond donors (Lipinski definition) is 1. The first-order chi connectivity index (χ1) is 19.9. The van der Waals surface area contributed by atoms with Crippen molar-refractivity contribution in [2.24, 2.45) is 5.92 Å². The van der Waals surface area contributed by atoms with Gasteiger partial charge < -0.3 is 24.2 Å². The number of piperidine rings is 1. The summed E-state index contributed by atoms with van der Waals surface area (Å²) in [5.41, 5.74) is 6.72. The zero-order valence-corrected chi connectivity index (χ0v) is 25.2. The van der Waals surface area contributed by atoms with Gasteiger partial charge in [-0.1, -0.05) is 25.3 Å². The zero-order chi connectivity index (χ0) is 28.5. The van der Waals surface area contributed by atoms with Crippen LogP contribution >= 0.6 is 0 Å². The van der Waals surface area contributed by atoms with E-state index in [9.17, 15) is 9.90 Å². The monoisotopic (exact) mass is 557 g/mol. The van der Waals surface area contributed by atoms with Gasteiger partial charge in [-0.2, -0.15) is 0 Å². The van der Waals surface area contributed by atoms with Crippen LogP contribution in [0.5, 0.6) is 5.75 Å². The summed E-state index contributed by atoms with van der Waals surface area (Å²) >= 11 is 0. The van der Waals surface area contributed by atoms with Crippen LogP contribution in [-0.2, 0) is 6.54 Å². The summed E-state index contributed by atoms with van der Waals surface area (Å²) in [6.45, 7) is 12.5. The average molecular weight is 558 g/mol. The minimum atomic E-state index is -0.860. The topological polar surface area (TPSA) is 57.9 Å². The lowest BCUT2D eigenvalue weighted by Gasteiger charge is -2.36. The Labute approximate surface area is 245 Å². The molecule has 0 bridgehead atoms. The number of carboxylic acids is 1. The van der Waals surface area contributed by atoms with Gasteiger partial charge in [0.2, 0.25) is 0 Å². The van der Waals surface area contributed by atoms with Crippen LogP contribution in [0.15, 0.2) is 36.4 Å². The van der Waals surface area contributed by atoms with Crippen LogP contribution in [0.4, 0.5) is 5.69 Å². The van der Waals surface area contributed by atoms with Gasteiger partial charge in [0.15, 0.2) is 0 Å². The standard InChI is InChI=1S/C35H47N3O3/c1-4-41-28-13-15-30-31(22-28)36(18-16-25-9-8-17-37(23-25)24(2)3)19-20-38-32-21-27(35(39)40)12-14-29(32)33(34(30)38)26-10-6-5-7-11-26/h12-15,21-22,24-26H,4-11,16-20,23H2,1-3H3,(H,39,40). The van der Waals surface area contributed by atoms with Crippen molar-refractivity contribution in [3.8, 4) is 17.0 Å². The van der Waals surface area contributed by atoms with Crippen LogP contribution in [0, 0.1) is 5.92 Å². The predicted molar refractivity (Wildman–Crippen MR) is 168 cm³/mol. The molecule has 220 valence electrons. The van der Waals surface area contributed by atoms with Crippen molar-refractivity contribution in [1.82, 2.24) is 9.47 Å². The summed E-state index contributed by atoms with van der Waals surface area (Å²) in [4.78, 5) is 17.2. The van der Waals surface area contributed by atoms with Crippen molar-refractivity contribution in [2.45, 2.75) is 90.6 Å². The summed E-state index contributed by atoms with van der Waals surface area (Å²) in [5.74, 6) is 1.30. The summed E-state index contributed by atoms with van der Waals surface area (Å²) in [7, 11) is 0. The maximum absolute atomic E-state index is 12.0. The molecule has 2 fully saturated rings. The molecule has 0 spiro atoms. The van der Waals surface area contributed by atoms with Gasteiger partial charge in [-0.25, -0.2) is 4.79 Å². The molecule has 0 radical (unpaired) electrons. The lowest BCUT2D eigenvalue weighted by Crippen LogP contribution is -2.41. The Morgan fingerprint density at radius 1 is 1.00 bits per heavy atom. The average Bonchev–Trinajstić information content (AvgIpc) is 3.22. The Bertz CT molecular complexity index is 1390. The predicted octanol–water partition coefficient (Wildman–Crippen LogP) is 7.78. The van der Waals surface area contributed by atoms with Gasteiger partial charge in [-0.3, -0.25) is 0 Å². The van der Waals surface area contributed by atoms with Crippen LogP contribution in [0.25, 0.3) is 22.2 Å². The van der Waals surface area contributed by atoms with Crippen LogP contribution < -0.4 is 9.64 Å². The molecule has 1 aliphatic carbocycles. The fraction of sp³-hybridized carbons (Fsp3) is 0.571. The van der Waals surface area contributed by atoms with Gasteiger partial charge in [0.05, 0.1) is 17.9 Å². The van der Waals surface area contributed by atoms with E-state index in [0.717, 1.165) is 36.8 Å². The van der Waals surface area contributed by atoms with Gasteiger partial charge >= 0.3 is 5.97 Å². The number of aromatic carboxylic acids is 1. The number of ether oxygens (including phenoxy) is 1. The van der Waals surface area contributed by atoms with Crippen LogP contribution in [0.2, 0.25) is 0 Å². The van der Waals surface area contributed by atoms with Crippen LogP contribution in [-0.4, -0.2) is 59.4 Å². The number of nitrogens with zero attached hydrogens (tertiary/aromatic N) is 3. The number of rotatable bonds is 8. The first-order valence-corrected chi connectivity index (χ1v) is 16.1. The van der Waals surface area contributed by atoms with Crippen LogP contribution in [0.1, 0.15) is 94.0 Å². The Hall–Kier alpha value is -2.99. The lowest BCUT2D eigenvalue weighted by atomic mass is 9.81. The van der Waals surface area contributed by atoms with Crippen LogP contribution in [0.3, 0.4) is 0 Å². The molecule has 3 heterocycles. The van der Waals surface area contributed by atoms with E-state index in [4.69, 9.17) is 4.74 Å². The van der Waals surface area contributed by atoms with Crippen molar-refractivity contribution in [3.05, 3.63) is 47.5 Å². The van der Waals surface area contributed by atoms with Crippen molar-refractivity contribution in [2.75, 3.05) is 37.7 Å². The van der Waals surface area contributed by atoms with E-state index in [1.807, 2.05) is 13.0 Å². The zero-order valence-electron chi connectivity index (χ0n) is 25.2. The van der Waals surface area contributed by atoms with Gasteiger partial charge in [0.1, 0.15) is 5.75 Å². The number of aromatic nitrogens is 1. The summed E-state index contributed by atoms with van der Waals surface area (Å²) in [5, 5.41) is 11.1. The third-order valence-corrected chi connectivity index (χ3v) is 9.92. The Morgan fingerprint density at radius 3 is 2.59 bits per heavy atom. The molecule has 41 heavy (non-hydrogen) atoms. The first-order valence-electron chi connectivity index (χ1n) is 16.1. The molecule has 1 atom stereocenters. The molecule has 2 aliphatic heterocycles. The molecule has 2 aromatic carbocycles. The SMILES string of the molecule is CCOc1ccc2c(c1)N(CCC1CCCN(C(C)C)C1)CCn1c-2c(C2CCCCC2)c2ccc(C(=O)O)cc21. The fourth-order valence-electron chi connectivity index (χ4n) is 7.78. The van der Waals surface area contributed by atoms with E-state index in [-0.39, 0.29) is 0 Å². The van der Waals surface area contributed by atoms with E-state index in [1.54, 1.807) is 6.07 Å². The summed E-state index contributed by atoms with van der Waals surface area (Å²) in [6.07, 6.45) is 10.1. The summed E-state index contributed by atoms with van der Waals surface area (Å²) < 4.78 is 8.48. The maximum atomic E-state index is 12.0. The number of carbonyl (C=O) groups is 1. The van der Waals surface area contributed by atoms with Crippen molar-refractivity contribution >= 4 is 22.6 Å². The fourth-order valence-corrected chi connectivity index (χ4v) is 7.78. The van der Waals surface area contributed by atoms with E-state index < -0.39 is 5.97 Å². The molecule has 3 aromatic rings. The molecule has 6 rings (SSSR count). The van der Waals surface area contributed by atoms with E-state index in [0.29, 0.717) is 24.1 Å². The van der Waals surface area contributed by atoms with Crippen molar-refractivity contribution < 1.29 is 14.6 Å². The minimum Gasteiger partial charge on any atom is -0.494 e. The number of likely N-dealkylation sites (tertiary alicyclic amines) is 1. The molecular weight excluding hydrogens is 510 g/mol. The molecular formula is C35H47N3O3. The second kappa shape index (κ2) is 12.1. The smallest absolute Gasteiger partial charge is 0.335 e. The normalized spacial score (nSPS) is 20.2. The highest BCUT2D eigenvalue weighted by Gasteiger charge is 2.31. The molecule has 1 N–H and O–H groups in total. The number of anilines is 1. The highest BCUT2D eigenvalue weighted by atomic mass is 16.5. The maximum Gasteiger partial charge on any atom is 0.335 e. The molecule has 3 aliphatic rings. The number of benzene rings is 2. The minimum absolute atomic E-state index is 0.369. The molecule has 1 saturated carbocycles. The van der Waals surface area contributed by atoms with Gasteiger partial charge in [0.25, 0.3) is 0 Å². The molecule has 1 aromatic heterocycles. The molecule has 6 heteroatoms. The lowest BCUT2D eigenvalue weighted by molar-refractivity contribution is 0.0697. The number of carboxylic acid groups (broad SMARTS) is 1. The third kappa shape index (κ3) is 5.60. The molecule has 1 unspecified atom stereocenters. The number of hydrogen-bond acceptors (Lipinski definition) is 4. The van der Waals surface area contributed by atoms with Crippen molar-refractivity contribution in [1.29, 1.82) is 0 Å². The second-order valence-electron chi connectivity index (χ2n) is 12.8. The van der Waals surface area contributed by atoms with Gasteiger partial charge in [0, 0.05) is 60.4 Å². The van der Waals surface area contributed by atoms with Gasteiger partial charge in [-0.05, 0) is 101 Å². The van der Waals surface area contributed by atoms with E-state index in [1.165, 1.54) is 92.4 Å². The van der Waals surface area contributed by atoms with E-state index in [2.05, 4.69) is 52.5 Å². The van der Waals surface area contributed by atoms with Gasteiger partial charge in [-0.15, -0.1) is 0 Å². The largest absolute Gasteiger partial charge is 0.494 e. The molecule has 6 nitrogen and oxygen atoms in total. The highest BCUT2D eigenvalue weighted by molar-refractivity contribution is 5.99. The molecule has 1 saturated heterocycles. The third-order valence-electron chi connectivity index (χ3n) is 9.92. The Balaban J connectivity index is 1.43. The quantitative estimate of drug-likeness (QED) is 0.306. The van der Waals surface area contributed by atoms with Crippen molar-refractivity contribution in [3.63, 3.8) is 0 Å².